The summed E-state index contributed by atoms with van der Waals surface area (Å²) in [4.78, 5) is 34.9. The standard InChI is InChI=1S/C5H4N4.C5H7N3O.C5H5N3O.CH4O.CH4.B.Na.H2O4S.H/c1-7-4-2-8-3-9-5(4)6;2*6-5-4(2-9)1-7-3-8-5;1-2;;;;1-5(2,3)4;/h2-3H,(H2,6,8,9);1,3,9H,2H2,(H2,6,7,8);1-3H,(H2,6,7,8);2H,1H3;1H4;;;(H2,1,2,3,4);/q;;;;;;+1;;-1. The number of rotatable bonds is 2. The summed E-state index contributed by atoms with van der Waals surface area (Å²) in [7, 11) is -3.67. The molecule has 0 amide bonds. The van der Waals surface area contributed by atoms with Crippen LogP contribution in [0.3, 0.4) is 0 Å². The van der Waals surface area contributed by atoms with Crippen LogP contribution in [0.4, 0.5) is 23.1 Å². The van der Waals surface area contributed by atoms with Crippen molar-refractivity contribution in [2.75, 3.05) is 24.3 Å². The number of anilines is 3. The van der Waals surface area contributed by atoms with E-state index in [4.69, 9.17) is 51.5 Å². The van der Waals surface area contributed by atoms with E-state index in [1.165, 1.54) is 37.6 Å². The maximum Gasteiger partial charge on any atom is 1.00 e. The van der Waals surface area contributed by atoms with E-state index in [1.807, 2.05) is 0 Å². The molecule has 3 radical (unpaired) electrons. The molecule has 0 aliphatic carbocycles. The van der Waals surface area contributed by atoms with Crippen LogP contribution in [-0.4, -0.2) is 79.4 Å². The van der Waals surface area contributed by atoms with Gasteiger partial charge in [-0.2, -0.15) is 8.42 Å². The summed E-state index contributed by atoms with van der Waals surface area (Å²) in [5.41, 5.74) is 17.0. The van der Waals surface area contributed by atoms with E-state index in [9.17, 15) is 4.79 Å². The number of hydrogen-bond acceptors (Lipinski definition) is 14. The molecule has 3 rings (SSSR count). The van der Waals surface area contributed by atoms with Gasteiger partial charge in [0.25, 0.3) is 0 Å². The quantitative estimate of drug-likeness (QED) is 0.0702. The zero-order valence-corrected chi connectivity index (χ0v) is 21.9. The molecule has 0 fully saturated rings. The van der Waals surface area contributed by atoms with Crippen molar-refractivity contribution in [1.82, 2.24) is 29.9 Å². The van der Waals surface area contributed by atoms with Crippen molar-refractivity contribution in [3.8, 4) is 0 Å². The second-order valence-corrected chi connectivity index (χ2v) is 5.82. The molecule has 0 aliphatic rings. The van der Waals surface area contributed by atoms with E-state index in [1.54, 1.807) is 0 Å². The van der Waals surface area contributed by atoms with Crippen molar-refractivity contribution in [3.05, 3.63) is 60.1 Å². The Kier molecular flexibility index (Phi) is 30.4. The first-order valence-corrected chi connectivity index (χ1v) is 9.66. The first-order chi connectivity index (χ1) is 16.0. The number of nitrogens with two attached hydrogens (primary N) is 3. The molecule has 0 saturated heterocycles. The molecule has 17 nitrogen and oxygen atoms in total. The van der Waals surface area contributed by atoms with Gasteiger partial charge in [0, 0.05) is 39.7 Å². The fourth-order valence-corrected chi connectivity index (χ4v) is 1.35. The van der Waals surface area contributed by atoms with Gasteiger partial charge < -0.3 is 28.8 Å². The van der Waals surface area contributed by atoms with Gasteiger partial charge in [0.15, 0.2) is 6.29 Å². The number of aliphatic hydroxyl groups excluding tert-OH is 2. The largest absolute Gasteiger partial charge is 1.00 e. The molecule has 0 saturated carbocycles. The Hall–Kier alpha value is -3.35. The molecule has 20 heteroatoms. The van der Waals surface area contributed by atoms with Crippen LogP contribution in [0, 0.1) is 6.57 Å². The van der Waals surface area contributed by atoms with Crippen LogP contribution in [0.2, 0.25) is 0 Å². The molecular formula is C17H27BN10NaO7S. The Morgan fingerprint density at radius 2 is 1.35 bits per heavy atom. The van der Waals surface area contributed by atoms with Crippen molar-refractivity contribution in [2.24, 2.45) is 0 Å². The number of nitrogen functional groups attached to an aromatic ring is 3. The average Bonchev–Trinajstić information content (AvgIpc) is 2.81. The van der Waals surface area contributed by atoms with Gasteiger partial charge in [0.2, 0.25) is 5.69 Å². The summed E-state index contributed by atoms with van der Waals surface area (Å²) in [6.45, 7) is 6.45. The number of nitrogens with zero attached hydrogens (tertiary/aromatic N) is 7. The number of aromatic nitrogens is 6. The number of aldehydes is 1. The first-order valence-electron chi connectivity index (χ1n) is 8.26. The Bertz CT molecular complexity index is 1150. The maximum atomic E-state index is 10.1. The third-order valence-electron chi connectivity index (χ3n) is 2.74. The average molecular weight is 549 g/mol. The van der Waals surface area contributed by atoms with E-state index in [0.29, 0.717) is 28.9 Å². The summed E-state index contributed by atoms with van der Waals surface area (Å²) in [5.74, 6) is 0.799. The molecule has 3 aromatic rings. The van der Waals surface area contributed by atoms with E-state index in [2.05, 4.69) is 34.7 Å². The first kappa shape index (κ1) is 43.7. The fraction of sp³-hybridized carbons (Fsp3) is 0.176. The van der Waals surface area contributed by atoms with Crippen molar-refractivity contribution in [1.29, 1.82) is 0 Å². The van der Waals surface area contributed by atoms with Crippen LogP contribution in [0.1, 0.15) is 24.8 Å². The van der Waals surface area contributed by atoms with Crippen molar-refractivity contribution < 1.29 is 63.5 Å². The van der Waals surface area contributed by atoms with Gasteiger partial charge >= 0.3 is 40.0 Å². The predicted molar refractivity (Wildman–Crippen MR) is 133 cm³/mol. The second kappa shape index (κ2) is 25.7. The summed E-state index contributed by atoms with van der Waals surface area (Å²) in [6.07, 6.45) is 8.81. The Balaban J connectivity index is -0.0000000864. The fourth-order valence-electron chi connectivity index (χ4n) is 1.35. The van der Waals surface area contributed by atoms with Crippen molar-refractivity contribution >= 4 is 48.2 Å². The number of carbonyl (C=O) groups is 1. The Morgan fingerprint density at radius 1 is 0.946 bits per heavy atom. The van der Waals surface area contributed by atoms with Gasteiger partial charge in [0.1, 0.15) is 36.4 Å². The topological polar surface area (TPSA) is 292 Å². The number of hydrogen-bond donors (Lipinski definition) is 7. The van der Waals surface area contributed by atoms with Crippen molar-refractivity contribution in [2.45, 2.75) is 14.0 Å². The minimum atomic E-state index is -4.67. The van der Waals surface area contributed by atoms with E-state index in [0.717, 1.165) is 7.11 Å². The summed E-state index contributed by atoms with van der Waals surface area (Å²) < 4.78 is 31.6. The predicted octanol–water partition coefficient (Wildman–Crippen LogP) is -3.64. The van der Waals surface area contributed by atoms with E-state index >= 15 is 0 Å². The van der Waals surface area contributed by atoms with E-state index in [-0.39, 0.29) is 65.1 Å². The van der Waals surface area contributed by atoms with Gasteiger partial charge in [-0.3, -0.25) is 18.9 Å². The molecule has 3 aromatic heterocycles. The van der Waals surface area contributed by atoms with Crippen molar-refractivity contribution in [3.63, 3.8) is 0 Å². The molecule has 0 aliphatic heterocycles. The minimum Gasteiger partial charge on any atom is -1.00 e. The zero-order valence-electron chi connectivity index (χ0n) is 20.1. The van der Waals surface area contributed by atoms with Gasteiger partial charge in [0.05, 0.1) is 18.7 Å². The zero-order chi connectivity index (χ0) is 26.6. The molecule has 0 atom stereocenters. The Morgan fingerprint density at radius 3 is 1.62 bits per heavy atom. The molecule has 10 N–H and O–H groups in total. The third-order valence-corrected chi connectivity index (χ3v) is 2.74. The second-order valence-electron chi connectivity index (χ2n) is 4.93. The van der Waals surface area contributed by atoms with E-state index < -0.39 is 10.4 Å². The summed E-state index contributed by atoms with van der Waals surface area (Å²) >= 11 is 0. The molecule has 0 spiro atoms. The molecule has 3 heterocycles. The summed E-state index contributed by atoms with van der Waals surface area (Å²) in [5, 5.41) is 15.6. The van der Waals surface area contributed by atoms with Crippen LogP contribution in [0.25, 0.3) is 4.85 Å². The molecular weight excluding hydrogens is 522 g/mol. The molecule has 37 heavy (non-hydrogen) atoms. The number of aliphatic hydroxyl groups is 2. The third kappa shape index (κ3) is 24.1. The molecule has 0 unspecified atom stereocenters. The van der Waals surface area contributed by atoms with Gasteiger partial charge in [-0.1, -0.05) is 7.43 Å². The van der Waals surface area contributed by atoms with Crippen LogP contribution in [0.15, 0.2) is 37.6 Å². The molecule has 197 valence electrons. The number of carbonyl (C=O) groups excluding carboxylic acids is 1. The monoisotopic (exact) mass is 549 g/mol. The van der Waals surface area contributed by atoms with Crippen LogP contribution in [-0.2, 0) is 17.0 Å². The molecule has 0 aromatic carbocycles. The normalized spacial score (nSPS) is 8.22. The summed E-state index contributed by atoms with van der Waals surface area (Å²) in [6, 6.07) is 0. The Labute approximate surface area is 239 Å². The van der Waals surface area contributed by atoms with Crippen LogP contribution in [0.5, 0.6) is 0 Å². The van der Waals surface area contributed by atoms with Gasteiger partial charge in [-0.15, -0.1) is 0 Å². The minimum absolute atomic E-state index is 0. The van der Waals surface area contributed by atoms with Gasteiger partial charge in [-0.05, 0) is 0 Å². The smallest absolute Gasteiger partial charge is 1.00 e. The molecule has 0 bridgehead atoms. The van der Waals surface area contributed by atoms with Crippen LogP contribution < -0.4 is 46.8 Å². The maximum absolute atomic E-state index is 10.1. The van der Waals surface area contributed by atoms with Gasteiger partial charge in [-0.25, -0.2) is 29.8 Å². The SMILES string of the molecule is C.CO.Nc1ncncc1C=O.Nc1ncncc1CO.O=S(=O)(O)O.[B].[C-]#[N+]c1cncnc1N.[H-].[Na+]. The van der Waals surface area contributed by atoms with Crippen LogP contribution >= 0.6 is 0 Å².